The fourth-order valence-corrected chi connectivity index (χ4v) is 4.19. The summed E-state index contributed by atoms with van der Waals surface area (Å²) in [5.74, 6) is 0.190. The van der Waals surface area contributed by atoms with Crippen LogP contribution in [0.4, 0.5) is 0 Å². The van der Waals surface area contributed by atoms with E-state index in [-0.39, 0.29) is 11.5 Å². The van der Waals surface area contributed by atoms with E-state index in [9.17, 15) is 0 Å². The van der Waals surface area contributed by atoms with Crippen LogP contribution in [-0.2, 0) is 5.54 Å². The Morgan fingerprint density at radius 3 is 2.77 bits per heavy atom. The molecule has 0 N–H and O–H groups in total. The van der Waals surface area contributed by atoms with Crippen LogP contribution < -0.4 is 0 Å². The molecule has 1 atom stereocenters. The average Bonchev–Trinajstić information content (AvgIpc) is 3.41. The van der Waals surface area contributed by atoms with Gasteiger partial charge < -0.3 is 0 Å². The lowest BCUT2D eigenvalue weighted by Crippen LogP contribution is -2.26. The molecular formula is C19H23N7. The topological polar surface area (TPSA) is 63.6 Å². The molecule has 7 nitrogen and oxygen atoms in total. The van der Waals surface area contributed by atoms with E-state index < -0.39 is 0 Å². The second-order valence-electron chi connectivity index (χ2n) is 7.76. The molecule has 1 unspecified atom stereocenters. The largest absolute Gasteiger partial charge is 0.299 e. The van der Waals surface area contributed by atoms with Gasteiger partial charge in [-0.1, -0.05) is 12.8 Å². The minimum Gasteiger partial charge on any atom is -0.299 e. The second kappa shape index (κ2) is 5.65. The van der Waals surface area contributed by atoms with Gasteiger partial charge >= 0.3 is 0 Å². The molecular weight excluding hydrogens is 326 g/mol. The van der Waals surface area contributed by atoms with E-state index in [1.54, 1.807) is 0 Å². The lowest BCUT2D eigenvalue weighted by molar-refractivity contribution is 0.296. The zero-order valence-corrected chi connectivity index (χ0v) is 15.2. The SMILES string of the molecule is CN1CC(c2cn3nccc3c(-c3cnn(C4(C)CCCC4)c3)n2)C=N1. The summed E-state index contributed by atoms with van der Waals surface area (Å²) < 4.78 is 4.06. The van der Waals surface area contributed by atoms with Crippen molar-refractivity contribution in [1.82, 2.24) is 29.4 Å². The molecule has 7 heteroatoms. The smallest absolute Gasteiger partial charge is 0.0995 e. The van der Waals surface area contributed by atoms with Gasteiger partial charge in [-0.25, -0.2) is 9.50 Å². The van der Waals surface area contributed by atoms with Crippen LogP contribution in [0.15, 0.2) is 36.0 Å². The highest BCUT2D eigenvalue weighted by Crippen LogP contribution is 2.36. The van der Waals surface area contributed by atoms with E-state index in [1.165, 1.54) is 25.7 Å². The first kappa shape index (κ1) is 15.5. The van der Waals surface area contributed by atoms with E-state index in [2.05, 4.69) is 33.1 Å². The van der Waals surface area contributed by atoms with E-state index in [1.807, 2.05) is 47.4 Å². The normalized spacial score (nSPS) is 21.9. The molecule has 1 fully saturated rings. The predicted octanol–water partition coefficient (Wildman–Crippen LogP) is 2.90. The van der Waals surface area contributed by atoms with Crippen molar-refractivity contribution in [1.29, 1.82) is 0 Å². The van der Waals surface area contributed by atoms with Crippen LogP contribution in [-0.4, -0.2) is 49.2 Å². The Kier molecular flexibility index (Phi) is 3.38. The molecule has 3 aromatic heterocycles. The van der Waals surface area contributed by atoms with Crippen molar-refractivity contribution in [3.8, 4) is 11.3 Å². The van der Waals surface area contributed by atoms with Crippen LogP contribution in [0.25, 0.3) is 16.8 Å². The van der Waals surface area contributed by atoms with Crippen LogP contribution in [0.1, 0.15) is 44.2 Å². The summed E-state index contributed by atoms with van der Waals surface area (Å²) in [5, 5.41) is 15.4. The number of hydrogen-bond acceptors (Lipinski definition) is 5. The minimum atomic E-state index is 0.132. The third kappa shape index (κ3) is 2.41. The molecule has 5 rings (SSSR count). The van der Waals surface area contributed by atoms with Crippen molar-refractivity contribution in [2.45, 2.75) is 44.1 Å². The minimum absolute atomic E-state index is 0.132. The monoisotopic (exact) mass is 349 g/mol. The van der Waals surface area contributed by atoms with Crippen LogP contribution >= 0.6 is 0 Å². The Morgan fingerprint density at radius 1 is 1.15 bits per heavy atom. The Balaban J connectivity index is 1.59. The maximum Gasteiger partial charge on any atom is 0.0995 e. The molecule has 0 amide bonds. The van der Waals surface area contributed by atoms with Gasteiger partial charge in [-0.3, -0.25) is 9.69 Å². The van der Waals surface area contributed by atoms with Crippen LogP contribution in [0.3, 0.4) is 0 Å². The number of fused-ring (bicyclic) bond motifs is 1. The first-order valence-electron chi connectivity index (χ1n) is 9.27. The van der Waals surface area contributed by atoms with Crippen LogP contribution in [0.2, 0.25) is 0 Å². The molecule has 0 saturated heterocycles. The molecule has 3 aromatic rings. The maximum atomic E-state index is 4.99. The summed E-state index contributed by atoms with van der Waals surface area (Å²) in [4.78, 5) is 4.99. The van der Waals surface area contributed by atoms with Crippen molar-refractivity contribution in [3.05, 3.63) is 36.5 Å². The number of rotatable bonds is 3. The quantitative estimate of drug-likeness (QED) is 0.729. The highest BCUT2D eigenvalue weighted by molar-refractivity contribution is 5.77. The summed E-state index contributed by atoms with van der Waals surface area (Å²) in [6.45, 7) is 3.15. The van der Waals surface area contributed by atoms with E-state index >= 15 is 0 Å². The van der Waals surface area contributed by atoms with E-state index in [4.69, 9.17) is 4.98 Å². The molecule has 134 valence electrons. The number of hydrogen-bond donors (Lipinski definition) is 0. The number of aromatic nitrogens is 5. The highest BCUT2D eigenvalue weighted by Gasteiger charge is 2.31. The van der Waals surface area contributed by atoms with Gasteiger partial charge in [0.15, 0.2) is 0 Å². The summed E-state index contributed by atoms with van der Waals surface area (Å²) in [6, 6.07) is 2.01. The lowest BCUT2D eigenvalue weighted by atomic mass is 10.0. The Bertz CT molecular complexity index is 977. The van der Waals surface area contributed by atoms with Gasteiger partial charge in [0.2, 0.25) is 0 Å². The van der Waals surface area contributed by atoms with Gasteiger partial charge in [0, 0.05) is 31.6 Å². The maximum absolute atomic E-state index is 4.99. The summed E-state index contributed by atoms with van der Waals surface area (Å²) >= 11 is 0. The molecule has 0 radical (unpaired) electrons. The molecule has 2 aliphatic rings. The molecule has 0 bridgehead atoms. The van der Waals surface area contributed by atoms with Gasteiger partial charge in [0.25, 0.3) is 0 Å². The molecule has 1 aliphatic heterocycles. The highest BCUT2D eigenvalue weighted by atomic mass is 15.4. The van der Waals surface area contributed by atoms with Gasteiger partial charge in [-0.05, 0) is 25.8 Å². The van der Waals surface area contributed by atoms with Gasteiger partial charge in [-0.15, -0.1) is 0 Å². The van der Waals surface area contributed by atoms with Crippen LogP contribution in [0.5, 0.6) is 0 Å². The molecule has 0 spiro atoms. The predicted molar refractivity (Wildman–Crippen MR) is 100 cm³/mol. The molecule has 1 saturated carbocycles. The Morgan fingerprint density at radius 2 is 2.00 bits per heavy atom. The van der Waals surface area contributed by atoms with Gasteiger partial charge in [0.1, 0.15) is 0 Å². The van der Waals surface area contributed by atoms with Crippen molar-refractivity contribution in [3.63, 3.8) is 0 Å². The van der Waals surface area contributed by atoms with Crippen molar-refractivity contribution in [2.24, 2.45) is 5.10 Å². The number of hydrazone groups is 1. The van der Waals surface area contributed by atoms with E-state index in [0.29, 0.717) is 0 Å². The summed E-state index contributed by atoms with van der Waals surface area (Å²) in [5.41, 5.74) is 4.12. The third-order valence-electron chi connectivity index (χ3n) is 5.78. The fourth-order valence-electron chi connectivity index (χ4n) is 4.19. The van der Waals surface area contributed by atoms with E-state index in [0.717, 1.165) is 29.0 Å². The third-order valence-corrected chi connectivity index (χ3v) is 5.78. The van der Waals surface area contributed by atoms with Crippen LogP contribution in [0, 0.1) is 0 Å². The van der Waals surface area contributed by atoms with Crippen molar-refractivity contribution in [2.75, 3.05) is 13.6 Å². The fraction of sp³-hybridized carbons (Fsp3) is 0.474. The Hall–Kier alpha value is -2.70. The summed E-state index contributed by atoms with van der Waals surface area (Å²) in [6.07, 6.45) is 14.8. The zero-order chi connectivity index (χ0) is 17.7. The lowest BCUT2D eigenvalue weighted by Gasteiger charge is -2.24. The van der Waals surface area contributed by atoms with Crippen molar-refractivity contribution < 1.29 is 0 Å². The van der Waals surface area contributed by atoms with Gasteiger partial charge in [-0.2, -0.15) is 15.3 Å². The average molecular weight is 349 g/mol. The Labute approximate surface area is 152 Å². The molecule has 26 heavy (non-hydrogen) atoms. The van der Waals surface area contributed by atoms with Crippen molar-refractivity contribution >= 4 is 11.7 Å². The number of nitrogens with zero attached hydrogens (tertiary/aromatic N) is 7. The zero-order valence-electron chi connectivity index (χ0n) is 15.2. The molecule has 0 aromatic carbocycles. The standard InChI is InChI=1S/C19H23N7/c1-19(6-3-4-7-19)26-12-15(10-22-26)18-17-5-8-20-25(17)13-16(23-18)14-9-21-24(2)11-14/h5,8-10,12-14H,3-4,6-7,11H2,1-2H3. The first-order chi connectivity index (χ1) is 12.6. The van der Waals surface area contributed by atoms with Gasteiger partial charge in [0.05, 0.1) is 47.0 Å². The molecule has 4 heterocycles. The summed E-state index contributed by atoms with van der Waals surface area (Å²) in [7, 11) is 1.98. The number of likely N-dealkylation sites (N-methyl/N-ethyl adjacent to an activating group) is 1. The molecule has 1 aliphatic carbocycles. The first-order valence-corrected chi connectivity index (χ1v) is 9.27. The second-order valence-corrected chi connectivity index (χ2v) is 7.76.